The van der Waals surface area contributed by atoms with Crippen molar-refractivity contribution >= 4 is 17.3 Å². The summed E-state index contributed by atoms with van der Waals surface area (Å²) in [5.74, 6) is 0. The van der Waals surface area contributed by atoms with Gasteiger partial charge in [-0.15, -0.1) is 0 Å². The van der Waals surface area contributed by atoms with E-state index in [1.165, 1.54) is 38.5 Å². The Kier molecular flexibility index (Phi) is 6.49. The van der Waals surface area contributed by atoms with Crippen LogP contribution in [0.3, 0.4) is 0 Å². The van der Waals surface area contributed by atoms with Gasteiger partial charge in [-0.25, -0.2) is 0 Å². The van der Waals surface area contributed by atoms with Crippen molar-refractivity contribution in [2.24, 2.45) is 5.16 Å². The van der Waals surface area contributed by atoms with Gasteiger partial charge >= 0.3 is 0 Å². The lowest BCUT2D eigenvalue weighted by Crippen LogP contribution is -1.99. The highest BCUT2D eigenvalue weighted by Gasteiger charge is 2.05. The predicted octanol–water partition coefficient (Wildman–Crippen LogP) is 4.46. The third-order valence-electron chi connectivity index (χ3n) is 2.84. The molecule has 0 aliphatic heterocycles. The molecule has 0 fully saturated rings. The fraction of sp³-hybridized carbons (Fsp3) is 0.750. The first-order chi connectivity index (χ1) is 7.34. The van der Waals surface area contributed by atoms with Gasteiger partial charge in [-0.05, 0) is 25.7 Å². The van der Waals surface area contributed by atoms with Crippen molar-refractivity contribution in [1.29, 1.82) is 0 Å². The molecule has 0 aromatic heterocycles. The minimum Gasteiger partial charge on any atom is -0.411 e. The van der Waals surface area contributed by atoms with Gasteiger partial charge in [0.15, 0.2) is 0 Å². The molecule has 0 aromatic rings. The predicted molar refractivity (Wildman–Crippen MR) is 64.7 cm³/mol. The van der Waals surface area contributed by atoms with Crippen molar-refractivity contribution < 1.29 is 5.21 Å². The van der Waals surface area contributed by atoms with Crippen molar-refractivity contribution in [3.05, 3.63) is 11.1 Å². The molecule has 1 N–H and O–H groups in total. The van der Waals surface area contributed by atoms with Crippen LogP contribution in [-0.2, 0) is 0 Å². The third kappa shape index (κ3) is 5.22. The van der Waals surface area contributed by atoms with Gasteiger partial charge in [-0.2, -0.15) is 0 Å². The minimum absolute atomic E-state index is 0.637. The molecule has 0 amide bonds. The number of halogens is 1. The van der Waals surface area contributed by atoms with Crippen molar-refractivity contribution in [1.82, 2.24) is 0 Å². The molecule has 0 saturated carbocycles. The fourth-order valence-electron chi connectivity index (χ4n) is 1.88. The van der Waals surface area contributed by atoms with Crippen LogP contribution in [0.15, 0.2) is 16.3 Å². The third-order valence-corrected chi connectivity index (χ3v) is 3.21. The number of nitrogens with zero attached hydrogens (tertiary/aromatic N) is 1. The standard InChI is InChI=1S/C12H20ClNO/c13-11-9-7-5-3-1-2-4-6-8-10-12(11)14-15/h9,15H,1-8,10H2/b11-9-,14-12+. The molecule has 0 saturated heterocycles. The van der Waals surface area contributed by atoms with E-state index in [9.17, 15) is 0 Å². The summed E-state index contributed by atoms with van der Waals surface area (Å²) in [6.07, 6.45) is 12.5. The molecule has 15 heavy (non-hydrogen) atoms. The molecule has 86 valence electrons. The molecule has 1 aliphatic rings. The Labute approximate surface area is 97.0 Å². The summed E-state index contributed by atoms with van der Waals surface area (Å²) in [7, 11) is 0. The Morgan fingerprint density at radius 1 is 1.00 bits per heavy atom. The van der Waals surface area contributed by atoms with E-state index in [4.69, 9.17) is 16.8 Å². The van der Waals surface area contributed by atoms with Crippen molar-refractivity contribution in [3.8, 4) is 0 Å². The summed E-state index contributed by atoms with van der Waals surface area (Å²) in [5.41, 5.74) is 0.650. The summed E-state index contributed by atoms with van der Waals surface area (Å²) in [5, 5.41) is 12.7. The summed E-state index contributed by atoms with van der Waals surface area (Å²) in [6.45, 7) is 0. The van der Waals surface area contributed by atoms with Crippen LogP contribution in [0.4, 0.5) is 0 Å². The average Bonchev–Trinajstić information content (AvgIpc) is 2.23. The summed E-state index contributed by atoms with van der Waals surface area (Å²) >= 11 is 6.05. The second-order valence-electron chi connectivity index (χ2n) is 4.11. The maximum atomic E-state index is 8.83. The van der Waals surface area contributed by atoms with E-state index in [0.717, 1.165) is 19.3 Å². The number of rotatable bonds is 0. The number of oxime groups is 1. The Morgan fingerprint density at radius 2 is 1.60 bits per heavy atom. The van der Waals surface area contributed by atoms with E-state index in [2.05, 4.69) is 5.16 Å². The molecule has 0 aromatic carbocycles. The zero-order valence-electron chi connectivity index (χ0n) is 9.21. The van der Waals surface area contributed by atoms with E-state index >= 15 is 0 Å². The molecule has 3 heteroatoms. The van der Waals surface area contributed by atoms with Gasteiger partial charge in [0, 0.05) is 0 Å². The van der Waals surface area contributed by atoms with Crippen molar-refractivity contribution in [2.45, 2.75) is 57.8 Å². The molecule has 0 spiro atoms. The molecule has 2 nitrogen and oxygen atoms in total. The largest absolute Gasteiger partial charge is 0.411 e. The van der Waals surface area contributed by atoms with Gasteiger partial charge in [0.2, 0.25) is 0 Å². The highest BCUT2D eigenvalue weighted by molar-refractivity contribution is 6.43. The smallest absolute Gasteiger partial charge is 0.0978 e. The van der Waals surface area contributed by atoms with E-state index in [1.54, 1.807) is 0 Å². The van der Waals surface area contributed by atoms with E-state index in [1.807, 2.05) is 6.08 Å². The maximum Gasteiger partial charge on any atom is 0.0978 e. The highest BCUT2D eigenvalue weighted by Crippen LogP contribution is 2.17. The number of allylic oxidation sites excluding steroid dienone is 2. The van der Waals surface area contributed by atoms with Gasteiger partial charge in [0.05, 0.1) is 10.7 Å². The van der Waals surface area contributed by atoms with Crippen LogP contribution in [0.2, 0.25) is 0 Å². The van der Waals surface area contributed by atoms with Crippen LogP contribution in [0.5, 0.6) is 0 Å². The first kappa shape index (κ1) is 12.6. The van der Waals surface area contributed by atoms with Crippen molar-refractivity contribution in [3.63, 3.8) is 0 Å². The van der Waals surface area contributed by atoms with Gasteiger partial charge in [0.1, 0.15) is 0 Å². The van der Waals surface area contributed by atoms with Crippen molar-refractivity contribution in [2.75, 3.05) is 0 Å². The van der Waals surface area contributed by atoms with E-state index in [0.29, 0.717) is 10.7 Å². The quantitative estimate of drug-likeness (QED) is 0.483. The zero-order valence-corrected chi connectivity index (χ0v) is 9.97. The molecule has 0 radical (unpaired) electrons. The second kappa shape index (κ2) is 7.75. The molecule has 1 aliphatic carbocycles. The van der Waals surface area contributed by atoms with Crippen LogP contribution in [-0.4, -0.2) is 10.9 Å². The Bertz CT molecular complexity index is 236. The Morgan fingerprint density at radius 3 is 2.27 bits per heavy atom. The first-order valence-electron chi connectivity index (χ1n) is 5.91. The van der Waals surface area contributed by atoms with Crippen LogP contribution in [0.25, 0.3) is 0 Å². The van der Waals surface area contributed by atoms with Gasteiger partial charge in [0.25, 0.3) is 0 Å². The van der Waals surface area contributed by atoms with E-state index < -0.39 is 0 Å². The SMILES string of the molecule is O/N=C1CCCCCCCCC\C=C\1Cl. The normalized spacial score (nSPS) is 27.5. The molecule has 0 unspecified atom stereocenters. The minimum atomic E-state index is 0.637. The molecular formula is C12H20ClNO. The van der Waals surface area contributed by atoms with Gasteiger partial charge in [-0.3, -0.25) is 0 Å². The molecule has 0 atom stereocenters. The van der Waals surface area contributed by atoms with Gasteiger partial charge in [-0.1, -0.05) is 54.9 Å². The number of hydrogen-bond acceptors (Lipinski definition) is 2. The summed E-state index contributed by atoms with van der Waals surface area (Å²) in [6, 6.07) is 0. The average molecular weight is 230 g/mol. The maximum absolute atomic E-state index is 8.83. The first-order valence-corrected chi connectivity index (χ1v) is 6.29. The van der Waals surface area contributed by atoms with Crippen LogP contribution >= 0.6 is 11.6 Å². The topological polar surface area (TPSA) is 32.6 Å². The molecule has 0 heterocycles. The monoisotopic (exact) mass is 229 g/mol. The number of hydrogen-bond donors (Lipinski definition) is 1. The molecule has 1 rings (SSSR count). The summed E-state index contributed by atoms with van der Waals surface area (Å²) in [4.78, 5) is 0. The highest BCUT2D eigenvalue weighted by atomic mass is 35.5. The molecular weight excluding hydrogens is 210 g/mol. The lowest BCUT2D eigenvalue weighted by atomic mass is 10.0. The lowest BCUT2D eigenvalue weighted by molar-refractivity contribution is 0.318. The van der Waals surface area contributed by atoms with Crippen LogP contribution < -0.4 is 0 Å². The molecule has 0 bridgehead atoms. The Balaban J connectivity index is 2.51. The Hall–Kier alpha value is -0.500. The van der Waals surface area contributed by atoms with Crippen LogP contribution in [0.1, 0.15) is 57.8 Å². The lowest BCUT2D eigenvalue weighted by Gasteiger charge is -2.06. The fourth-order valence-corrected chi connectivity index (χ4v) is 2.13. The van der Waals surface area contributed by atoms with Gasteiger partial charge < -0.3 is 5.21 Å². The zero-order chi connectivity index (χ0) is 10.9. The van der Waals surface area contributed by atoms with Crippen LogP contribution in [0, 0.1) is 0 Å². The second-order valence-corrected chi connectivity index (χ2v) is 4.52. The summed E-state index contributed by atoms with van der Waals surface area (Å²) < 4.78 is 0. The van der Waals surface area contributed by atoms with E-state index in [-0.39, 0.29) is 0 Å².